The van der Waals surface area contributed by atoms with Gasteiger partial charge in [0.2, 0.25) is 0 Å². The van der Waals surface area contributed by atoms with Gasteiger partial charge in [0.1, 0.15) is 0 Å². The molecule has 2 nitrogen and oxygen atoms in total. The molecule has 1 saturated carbocycles. The molecule has 0 heterocycles. The van der Waals surface area contributed by atoms with E-state index in [9.17, 15) is 4.79 Å². The minimum Gasteiger partial charge on any atom is -0.303 e. The second-order valence-corrected chi connectivity index (χ2v) is 10.5. The number of carbonyl (C=O) groups is 1. The van der Waals surface area contributed by atoms with Gasteiger partial charge in [-0.1, -0.05) is 49.0 Å². The van der Waals surface area contributed by atoms with Crippen molar-refractivity contribution in [3.8, 4) is 0 Å². The van der Waals surface area contributed by atoms with Gasteiger partial charge in [-0.25, -0.2) is 0 Å². The lowest BCUT2D eigenvalue weighted by Crippen LogP contribution is -2.51. The van der Waals surface area contributed by atoms with Crippen LogP contribution >= 0.6 is 0 Å². The van der Waals surface area contributed by atoms with Crippen LogP contribution in [0.3, 0.4) is 0 Å². The average Bonchev–Trinajstić information content (AvgIpc) is 2.37. The number of Topliss-reactive ketones (excluding diaryl/α,β-unsaturated/α-hetero) is 1. The van der Waals surface area contributed by atoms with Crippen LogP contribution < -0.4 is 5.32 Å². The number of carbonyl (C=O) groups excluding carboxylic acids is 1. The molecule has 0 bridgehead atoms. The highest BCUT2D eigenvalue weighted by Crippen LogP contribution is 2.45. The van der Waals surface area contributed by atoms with E-state index in [4.69, 9.17) is 0 Å². The summed E-state index contributed by atoms with van der Waals surface area (Å²) in [6.07, 6.45) is 6.16. The molecule has 1 aliphatic rings. The van der Waals surface area contributed by atoms with E-state index in [0.29, 0.717) is 17.1 Å². The van der Waals surface area contributed by atoms with Crippen molar-refractivity contribution in [2.45, 2.75) is 113 Å². The monoisotopic (exact) mass is 339 g/mol. The van der Waals surface area contributed by atoms with Crippen LogP contribution in [0.15, 0.2) is 0 Å². The first-order valence-corrected chi connectivity index (χ1v) is 9.56. The summed E-state index contributed by atoms with van der Waals surface area (Å²) in [7, 11) is 0. The molecule has 144 valence electrons. The first kappa shape index (κ1) is 23.6. The minimum absolute atomic E-state index is 0. The Kier molecular flexibility index (Phi) is 8.21. The molecule has 1 atom stereocenters. The molecule has 0 amide bonds. The van der Waals surface area contributed by atoms with Crippen molar-refractivity contribution < 1.29 is 4.79 Å². The maximum atomic E-state index is 12.9. The lowest BCUT2D eigenvalue weighted by Gasteiger charge is -2.42. The maximum Gasteiger partial charge on any atom is 0.155 e. The van der Waals surface area contributed by atoms with Gasteiger partial charge in [0, 0.05) is 11.0 Å². The zero-order valence-electron chi connectivity index (χ0n) is 17.2. The smallest absolute Gasteiger partial charge is 0.155 e. The highest BCUT2D eigenvalue weighted by Gasteiger charge is 2.37. The van der Waals surface area contributed by atoms with Crippen molar-refractivity contribution in [3.63, 3.8) is 0 Å². The summed E-state index contributed by atoms with van der Waals surface area (Å²) in [5.74, 6) is 1.81. The van der Waals surface area contributed by atoms with Gasteiger partial charge < -0.3 is 5.32 Å². The molecule has 0 aromatic heterocycles. The molecule has 1 unspecified atom stereocenters. The van der Waals surface area contributed by atoms with E-state index >= 15 is 0 Å². The molecule has 2 heteroatoms. The fourth-order valence-corrected chi connectivity index (χ4v) is 3.76. The summed E-state index contributed by atoms with van der Waals surface area (Å²) in [6.45, 7) is 19.8. The van der Waals surface area contributed by atoms with Gasteiger partial charge in [-0.2, -0.15) is 0 Å². The fraction of sp³-hybridized carbons (Fsp3) is 0.955. The molecule has 24 heavy (non-hydrogen) atoms. The van der Waals surface area contributed by atoms with E-state index < -0.39 is 0 Å². The molecule has 1 fully saturated rings. The van der Waals surface area contributed by atoms with E-state index in [1.54, 1.807) is 0 Å². The van der Waals surface area contributed by atoms with Gasteiger partial charge in [0.05, 0.1) is 6.04 Å². The minimum atomic E-state index is -0.274. The molecule has 0 radical (unpaired) electrons. The summed E-state index contributed by atoms with van der Waals surface area (Å²) in [5, 5.41) is 3.60. The molecule has 1 aliphatic carbocycles. The van der Waals surface area contributed by atoms with Crippen LogP contribution in [0.4, 0.5) is 0 Å². The zero-order chi connectivity index (χ0) is 18.1. The normalized spacial score (nSPS) is 26.8. The Hall–Kier alpha value is -0.370. The third-order valence-electron chi connectivity index (χ3n) is 5.87. The summed E-state index contributed by atoms with van der Waals surface area (Å²) >= 11 is 0. The number of hydrogen-bond acceptors (Lipinski definition) is 2. The van der Waals surface area contributed by atoms with Crippen LogP contribution in [0.1, 0.15) is 102 Å². The molecular weight excluding hydrogens is 294 g/mol. The van der Waals surface area contributed by atoms with Crippen molar-refractivity contribution in [1.82, 2.24) is 5.32 Å². The Bertz CT molecular complexity index is 389. The Morgan fingerprint density at radius 1 is 1.08 bits per heavy atom. The van der Waals surface area contributed by atoms with E-state index in [0.717, 1.165) is 12.3 Å². The lowest BCUT2D eigenvalue weighted by molar-refractivity contribution is -0.129. The van der Waals surface area contributed by atoms with E-state index in [1.807, 2.05) is 20.8 Å². The molecule has 0 aliphatic heterocycles. The van der Waals surface area contributed by atoms with Crippen molar-refractivity contribution in [3.05, 3.63) is 0 Å². The second kappa shape index (κ2) is 8.34. The molecule has 1 N–H and O–H groups in total. The predicted molar refractivity (Wildman–Crippen MR) is 107 cm³/mol. The van der Waals surface area contributed by atoms with E-state index in [-0.39, 0.29) is 24.4 Å². The Labute approximate surface area is 152 Å². The summed E-state index contributed by atoms with van der Waals surface area (Å²) in [6, 6.07) is -0.0107. The van der Waals surface area contributed by atoms with Crippen LogP contribution in [0.5, 0.6) is 0 Å². The Balaban J connectivity index is 0.00000529. The van der Waals surface area contributed by atoms with Gasteiger partial charge in [-0.05, 0) is 70.1 Å². The van der Waals surface area contributed by atoms with Crippen LogP contribution in [0.2, 0.25) is 0 Å². The molecule has 0 saturated heterocycles. The number of rotatable bonds is 5. The van der Waals surface area contributed by atoms with Crippen LogP contribution in [-0.2, 0) is 4.79 Å². The summed E-state index contributed by atoms with van der Waals surface area (Å²) in [5.41, 5.74) is 0.203. The molecule has 0 spiro atoms. The topological polar surface area (TPSA) is 29.1 Å². The first-order chi connectivity index (χ1) is 10.2. The summed E-state index contributed by atoms with van der Waals surface area (Å²) in [4.78, 5) is 12.9. The molecular formula is C22H45NO. The standard InChI is InChI=1S/C21H41NO.CH4/c1-15(2)21(9)12-10-16(11-13-21)14-17(22-20(6,7)8)18(23)19(3,4)5;/h15-17,22H,10-14H2,1-9H3;1H4. The average molecular weight is 340 g/mol. The first-order valence-electron chi connectivity index (χ1n) is 9.56. The van der Waals surface area contributed by atoms with Crippen molar-refractivity contribution in [2.75, 3.05) is 0 Å². The quantitative estimate of drug-likeness (QED) is 0.642. The van der Waals surface area contributed by atoms with Gasteiger partial charge in [0.15, 0.2) is 5.78 Å². The highest BCUT2D eigenvalue weighted by molar-refractivity contribution is 5.88. The van der Waals surface area contributed by atoms with Gasteiger partial charge in [-0.15, -0.1) is 0 Å². The summed E-state index contributed by atoms with van der Waals surface area (Å²) < 4.78 is 0. The predicted octanol–water partition coefficient (Wildman–Crippen LogP) is 6.24. The third-order valence-corrected chi connectivity index (χ3v) is 5.87. The SMILES string of the molecule is C.CC(C)C1(C)CCC(CC(NC(C)(C)C)C(=O)C(C)(C)C)CC1. The van der Waals surface area contributed by atoms with Crippen molar-refractivity contribution in [1.29, 1.82) is 0 Å². The molecule has 1 rings (SSSR count). The highest BCUT2D eigenvalue weighted by atomic mass is 16.1. The Morgan fingerprint density at radius 3 is 1.88 bits per heavy atom. The maximum absolute atomic E-state index is 12.9. The van der Waals surface area contributed by atoms with Gasteiger partial charge >= 0.3 is 0 Å². The van der Waals surface area contributed by atoms with E-state index in [1.165, 1.54) is 25.7 Å². The zero-order valence-corrected chi connectivity index (χ0v) is 17.2. The van der Waals surface area contributed by atoms with E-state index in [2.05, 4.69) is 46.9 Å². The number of hydrogen-bond donors (Lipinski definition) is 1. The molecule has 0 aromatic carbocycles. The Morgan fingerprint density at radius 2 is 1.54 bits per heavy atom. The molecule has 0 aromatic rings. The number of nitrogens with one attached hydrogen (secondary N) is 1. The van der Waals surface area contributed by atoms with Crippen molar-refractivity contribution in [2.24, 2.45) is 22.7 Å². The fourth-order valence-electron chi connectivity index (χ4n) is 3.76. The lowest BCUT2D eigenvalue weighted by atomic mass is 9.64. The largest absolute Gasteiger partial charge is 0.303 e. The second-order valence-electron chi connectivity index (χ2n) is 10.5. The number of ketones is 1. The van der Waals surface area contributed by atoms with Gasteiger partial charge in [0.25, 0.3) is 0 Å². The van der Waals surface area contributed by atoms with Gasteiger partial charge in [-0.3, -0.25) is 4.79 Å². The van der Waals surface area contributed by atoms with Crippen molar-refractivity contribution >= 4 is 5.78 Å². The third kappa shape index (κ3) is 6.86. The van der Waals surface area contributed by atoms with Crippen LogP contribution in [0.25, 0.3) is 0 Å². The van der Waals surface area contributed by atoms with Crippen LogP contribution in [0, 0.1) is 22.7 Å². The van der Waals surface area contributed by atoms with Crippen LogP contribution in [-0.4, -0.2) is 17.4 Å².